The number of thiazole rings is 1. The molecule has 1 saturated carbocycles. The van der Waals surface area contributed by atoms with E-state index >= 15 is 0 Å². The first kappa shape index (κ1) is 17.6. The number of anilines is 1. The molecule has 1 aliphatic carbocycles. The lowest BCUT2D eigenvalue weighted by Crippen LogP contribution is -2.29. The van der Waals surface area contributed by atoms with Crippen molar-refractivity contribution < 1.29 is 9.53 Å². The standard InChI is InChI=1S/C20H25N3O2S/c1-13-21-12-19(26-13)23-20(24)16-4-2-3-15(9-16)17-10-18(17)22-11-14-5-7-25-8-6-14/h2-4,9,12,14,17-18,22H,5-8,10-11H2,1H3,(H,23,24)/t17-,18+/m0/s1. The zero-order valence-corrected chi connectivity index (χ0v) is 15.8. The summed E-state index contributed by atoms with van der Waals surface area (Å²) < 4.78 is 5.42. The molecule has 2 N–H and O–H groups in total. The summed E-state index contributed by atoms with van der Waals surface area (Å²) in [6.45, 7) is 4.81. The van der Waals surface area contributed by atoms with Crippen LogP contribution in [0.3, 0.4) is 0 Å². The van der Waals surface area contributed by atoms with Crippen molar-refractivity contribution in [2.24, 2.45) is 5.92 Å². The summed E-state index contributed by atoms with van der Waals surface area (Å²) in [5.74, 6) is 1.20. The molecule has 2 aliphatic rings. The average Bonchev–Trinajstić information content (AvgIpc) is 3.34. The predicted octanol–water partition coefficient (Wildman–Crippen LogP) is 3.58. The summed E-state index contributed by atoms with van der Waals surface area (Å²) in [6, 6.07) is 8.56. The number of carbonyl (C=O) groups is 1. The zero-order valence-electron chi connectivity index (χ0n) is 15.0. The number of amides is 1. The molecule has 0 radical (unpaired) electrons. The van der Waals surface area contributed by atoms with Gasteiger partial charge in [-0.05, 0) is 56.3 Å². The molecule has 1 saturated heterocycles. The van der Waals surface area contributed by atoms with Gasteiger partial charge in [0.1, 0.15) is 5.00 Å². The molecule has 0 spiro atoms. The SMILES string of the molecule is Cc1ncc(NC(=O)c2cccc([C@@H]3C[C@H]3NCC3CCOCC3)c2)s1. The predicted molar refractivity (Wildman–Crippen MR) is 104 cm³/mol. The van der Waals surface area contributed by atoms with Crippen LogP contribution in [0.4, 0.5) is 5.00 Å². The molecule has 2 atom stereocenters. The molecule has 26 heavy (non-hydrogen) atoms. The van der Waals surface area contributed by atoms with Crippen LogP contribution in [-0.4, -0.2) is 36.7 Å². The highest BCUT2D eigenvalue weighted by atomic mass is 32.1. The molecular weight excluding hydrogens is 346 g/mol. The third kappa shape index (κ3) is 4.31. The van der Waals surface area contributed by atoms with Crippen molar-refractivity contribution in [3.63, 3.8) is 0 Å². The van der Waals surface area contributed by atoms with Gasteiger partial charge in [0.15, 0.2) is 0 Å². The Balaban J connectivity index is 1.32. The van der Waals surface area contributed by atoms with Gasteiger partial charge in [-0.15, -0.1) is 11.3 Å². The van der Waals surface area contributed by atoms with Crippen molar-refractivity contribution >= 4 is 22.2 Å². The first-order valence-corrected chi connectivity index (χ1v) is 10.2. The minimum atomic E-state index is -0.0668. The minimum absolute atomic E-state index is 0.0668. The van der Waals surface area contributed by atoms with E-state index in [0.29, 0.717) is 17.5 Å². The number of hydrogen-bond donors (Lipinski definition) is 2. The minimum Gasteiger partial charge on any atom is -0.381 e. The lowest BCUT2D eigenvalue weighted by atomic mass is 10.0. The second kappa shape index (κ2) is 7.86. The third-order valence-corrected chi connectivity index (χ3v) is 6.06. The maximum atomic E-state index is 12.5. The molecule has 1 aromatic carbocycles. The van der Waals surface area contributed by atoms with Crippen LogP contribution in [0.5, 0.6) is 0 Å². The van der Waals surface area contributed by atoms with Gasteiger partial charge in [0.25, 0.3) is 5.91 Å². The number of rotatable bonds is 6. The second-order valence-electron chi connectivity index (χ2n) is 7.24. The van der Waals surface area contributed by atoms with E-state index in [1.807, 2.05) is 25.1 Å². The summed E-state index contributed by atoms with van der Waals surface area (Å²) in [6.07, 6.45) is 5.19. The highest BCUT2D eigenvalue weighted by Crippen LogP contribution is 2.41. The van der Waals surface area contributed by atoms with E-state index in [0.717, 1.165) is 54.9 Å². The molecular formula is C20H25N3O2S. The average molecular weight is 372 g/mol. The van der Waals surface area contributed by atoms with Crippen LogP contribution in [0.25, 0.3) is 0 Å². The molecule has 1 aromatic heterocycles. The van der Waals surface area contributed by atoms with Crippen LogP contribution >= 0.6 is 11.3 Å². The van der Waals surface area contributed by atoms with E-state index in [9.17, 15) is 4.79 Å². The van der Waals surface area contributed by atoms with Gasteiger partial charge in [-0.25, -0.2) is 4.98 Å². The number of ether oxygens (including phenoxy) is 1. The van der Waals surface area contributed by atoms with Crippen LogP contribution in [0.15, 0.2) is 30.5 Å². The van der Waals surface area contributed by atoms with Gasteiger partial charge in [0.2, 0.25) is 0 Å². The van der Waals surface area contributed by atoms with Crippen LogP contribution < -0.4 is 10.6 Å². The van der Waals surface area contributed by atoms with Crippen LogP contribution in [0.2, 0.25) is 0 Å². The Kier molecular flexibility index (Phi) is 5.33. The number of nitrogens with one attached hydrogen (secondary N) is 2. The molecule has 0 bridgehead atoms. The molecule has 6 heteroatoms. The van der Waals surface area contributed by atoms with Crippen LogP contribution in [-0.2, 0) is 4.74 Å². The molecule has 4 rings (SSSR count). The van der Waals surface area contributed by atoms with Crippen LogP contribution in [0, 0.1) is 12.8 Å². The number of benzene rings is 1. The maximum Gasteiger partial charge on any atom is 0.256 e. The van der Waals surface area contributed by atoms with Crippen molar-refractivity contribution in [1.82, 2.24) is 10.3 Å². The topological polar surface area (TPSA) is 63.2 Å². The highest BCUT2D eigenvalue weighted by molar-refractivity contribution is 7.15. The Labute approximate surface area is 158 Å². The smallest absolute Gasteiger partial charge is 0.256 e. The van der Waals surface area contributed by atoms with Crippen molar-refractivity contribution in [3.05, 3.63) is 46.6 Å². The Hall–Kier alpha value is -1.76. The Morgan fingerprint density at radius 3 is 2.96 bits per heavy atom. The molecule has 2 fully saturated rings. The lowest BCUT2D eigenvalue weighted by Gasteiger charge is -2.22. The summed E-state index contributed by atoms with van der Waals surface area (Å²) in [4.78, 5) is 16.6. The van der Waals surface area contributed by atoms with E-state index in [-0.39, 0.29) is 5.91 Å². The lowest BCUT2D eigenvalue weighted by molar-refractivity contribution is 0.0662. The number of aryl methyl sites for hydroxylation is 1. The molecule has 2 aromatic rings. The van der Waals surface area contributed by atoms with E-state index < -0.39 is 0 Å². The Morgan fingerprint density at radius 1 is 1.35 bits per heavy atom. The highest BCUT2D eigenvalue weighted by Gasteiger charge is 2.38. The molecule has 5 nitrogen and oxygen atoms in total. The summed E-state index contributed by atoms with van der Waals surface area (Å²) >= 11 is 1.49. The fraction of sp³-hybridized carbons (Fsp3) is 0.500. The number of carbonyl (C=O) groups excluding carboxylic acids is 1. The van der Waals surface area contributed by atoms with Gasteiger partial charge in [-0.2, -0.15) is 0 Å². The first-order valence-electron chi connectivity index (χ1n) is 9.34. The van der Waals surface area contributed by atoms with Crippen molar-refractivity contribution in [2.75, 3.05) is 25.1 Å². The van der Waals surface area contributed by atoms with Gasteiger partial charge in [-0.3, -0.25) is 4.79 Å². The molecule has 1 amide bonds. The van der Waals surface area contributed by atoms with Crippen molar-refractivity contribution in [3.8, 4) is 0 Å². The fourth-order valence-electron chi connectivity index (χ4n) is 3.57. The molecule has 1 aliphatic heterocycles. The Morgan fingerprint density at radius 2 is 2.19 bits per heavy atom. The van der Waals surface area contributed by atoms with Gasteiger partial charge in [-0.1, -0.05) is 12.1 Å². The normalized spacial score (nSPS) is 23.0. The van der Waals surface area contributed by atoms with Crippen molar-refractivity contribution in [2.45, 2.75) is 38.1 Å². The summed E-state index contributed by atoms with van der Waals surface area (Å²) in [7, 11) is 0. The summed E-state index contributed by atoms with van der Waals surface area (Å²) in [5, 5.41) is 8.38. The largest absolute Gasteiger partial charge is 0.381 e. The van der Waals surface area contributed by atoms with Gasteiger partial charge in [0.05, 0.1) is 11.2 Å². The fourth-order valence-corrected chi connectivity index (χ4v) is 4.24. The van der Waals surface area contributed by atoms with Gasteiger partial charge in [0, 0.05) is 30.7 Å². The van der Waals surface area contributed by atoms with Crippen LogP contribution in [0.1, 0.15) is 46.1 Å². The monoisotopic (exact) mass is 371 g/mol. The maximum absolute atomic E-state index is 12.5. The first-order chi connectivity index (χ1) is 12.7. The number of hydrogen-bond acceptors (Lipinski definition) is 5. The van der Waals surface area contributed by atoms with E-state index in [4.69, 9.17) is 4.74 Å². The number of nitrogens with zero attached hydrogens (tertiary/aromatic N) is 1. The van der Waals surface area contributed by atoms with E-state index in [1.54, 1.807) is 6.20 Å². The third-order valence-electron chi connectivity index (χ3n) is 5.23. The Bertz CT molecular complexity index is 770. The number of aromatic nitrogens is 1. The molecule has 138 valence electrons. The second-order valence-corrected chi connectivity index (χ2v) is 8.47. The molecule has 0 unspecified atom stereocenters. The van der Waals surface area contributed by atoms with Crippen molar-refractivity contribution in [1.29, 1.82) is 0 Å². The van der Waals surface area contributed by atoms with E-state index in [1.165, 1.54) is 16.9 Å². The van der Waals surface area contributed by atoms with Gasteiger partial charge < -0.3 is 15.4 Å². The quantitative estimate of drug-likeness (QED) is 0.815. The zero-order chi connectivity index (χ0) is 17.9. The molecule has 2 heterocycles. The van der Waals surface area contributed by atoms with Gasteiger partial charge >= 0.3 is 0 Å². The summed E-state index contributed by atoms with van der Waals surface area (Å²) in [5.41, 5.74) is 1.96. The van der Waals surface area contributed by atoms with E-state index in [2.05, 4.69) is 21.7 Å².